The van der Waals surface area contributed by atoms with Crippen molar-refractivity contribution in [1.29, 1.82) is 0 Å². The zero-order valence-electron chi connectivity index (χ0n) is 13.4. The van der Waals surface area contributed by atoms with Gasteiger partial charge in [0.1, 0.15) is 6.33 Å². The molecule has 0 atom stereocenters. The summed E-state index contributed by atoms with van der Waals surface area (Å²) in [5.74, 6) is -0.579. The highest BCUT2D eigenvalue weighted by Crippen LogP contribution is 2.37. The number of carbonyl (C=O) groups is 1. The minimum absolute atomic E-state index is 0.185. The molecule has 0 saturated carbocycles. The second-order valence-corrected chi connectivity index (χ2v) is 7.76. The first-order valence-electron chi connectivity index (χ1n) is 7.14. The van der Waals surface area contributed by atoms with Gasteiger partial charge in [-0.15, -0.1) is 0 Å². The maximum atomic E-state index is 12.0. The third-order valence-electron chi connectivity index (χ3n) is 3.71. The molecule has 0 N–H and O–H groups in total. The number of aromatic nitrogens is 2. The van der Waals surface area contributed by atoms with Gasteiger partial charge in [-0.3, -0.25) is 0 Å². The summed E-state index contributed by atoms with van der Waals surface area (Å²) in [6.45, 7) is 0. The van der Waals surface area contributed by atoms with Gasteiger partial charge >= 0.3 is 5.97 Å². The fourth-order valence-electron chi connectivity index (χ4n) is 2.50. The van der Waals surface area contributed by atoms with Crippen LogP contribution in [0.15, 0.2) is 47.8 Å². The van der Waals surface area contributed by atoms with E-state index in [1.54, 1.807) is 24.4 Å². The molecule has 128 valence electrons. The number of benzene rings is 2. The lowest BCUT2D eigenvalue weighted by Crippen LogP contribution is -2.04. The molecule has 0 amide bonds. The Hall–Kier alpha value is -2.51. The maximum Gasteiger partial charge on any atom is 0.339 e. The average Bonchev–Trinajstić information content (AvgIpc) is 2.60. The molecule has 0 aliphatic rings. The molecule has 8 heteroatoms. The molecule has 0 unspecified atom stereocenters. The Bertz CT molecular complexity index is 1080. The van der Waals surface area contributed by atoms with Crippen LogP contribution in [0.5, 0.6) is 0 Å². The van der Waals surface area contributed by atoms with E-state index in [0.717, 1.165) is 6.26 Å². The molecule has 0 bridgehead atoms. The molecule has 1 aromatic heterocycles. The summed E-state index contributed by atoms with van der Waals surface area (Å²) in [5, 5.41) is 0.805. The van der Waals surface area contributed by atoms with Crippen LogP contribution in [0.3, 0.4) is 0 Å². The number of sulfone groups is 1. The molecule has 6 nitrogen and oxygen atoms in total. The zero-order valence-corrected chi connectivity index (χ0v) is 14.9. The number of hydrogen-bond donors (Lipinski definition) is 0. The van der Waals surface area contributed by atoms with Crippen molar-refractivity contribution >= 4 is 38.3 Å². The van der Waals surface area contributed by atoms with Gasteiger partial charge in [-0.2, -0.15) is 0 Å². The van der Waals surface area contributed by atoms with Crippen LogP contribution in [0, 0.1) is 0 Å². The molecule has 3 rings (SSSR count). The smallest absolute Gasteiger partial charge is 0.339 e. The standard InChI is InChI=1S/C17H13ClN2O4S/c1-24-17(21)13-7-11-8-19-9-20-16(11)14(15(13)18)10-3-5-12(6-4-10)25(2,22)23/h3-9H,1-2H3. The number of ether oxygens (including phenoxy) is 1. The van der Waals surface area contributed by atoms with Crippen molar-refractivity contribution in [2.75, 3.05) is 13.4 Å². The number of fused-ring (bicyclic) bond motifs is 1. The number of esters is 1. The lowest BCUT2D eigenvalue weighted by atomic mass is 9.99. The van der Waals surface area contributed by atoms with Crippen LogP contribution in [-0.2, 0) is 14.6 Å². The molecule has 0 fully saturated rings. The number of carbonyl (C=O) groups excluding carboxylic acids is 1. The molecule has 0 radical (unpaired) electrons. The SMILES string of the molecule is COC(=O)c1cc2cncnc2c(-c2ccc(S(C)(=O)=O)cc2)c1Cl. The monoisotopic (exact) mass is 376 g/mol. The number of halogens is 1. The minimum atomic E-state index is -3.31. The third-order valence-corrected chi connectivity index (χ3v) is 5.23. The molecule has 3 aromatic rings. The summed E-state index contributed by atoms with van der Waals surface area (Å²) in [6.07, 6.45) is 4.08. The predicted octanol–water partition coefficient (Wildman–Crippen LogP) is 3.14. The minimum Gasteiger partial charge on any atom is -0.465 e. The zero-order chi connectivity index (χ0) is 18.2. The maximum absolute atomic E-state index is 12.0. The Labute approximate surface area is 149 Å². The van der Waals surface area contributed by atoms with Crippen LogP contribution in [-0.4, -0.2) is 37.7 Å². The van der Waals surface area contributed by atoms with E-state index >= 15 is 0 Å². The van der Waals surface area contributed by atoms with Gasteiger partial charge in [-0.25, -0.2) is 23.2 Å². The second-order valence-electron chi connectivity index (χ2n) is 5.36. The van der Waals surface area contributed by atoms with Gasteiger partial charge in [-0.05, 0) is 23.8 Å². The molecule has 0 spiro atoms. The highest BCUT2D eigenvalue weighted by molar-refractivity contribution is 7.90. The Morgan fingerprint density at radius 1 is 1.20 bits per heavy atom. The van der Waals surface area contributed by atoms with Crippen molar-refractivity contribution in [3.63, 3.8) is 0 Å². The second kappa shape index (κ2) is 6.42. The molecule has 0 aliphatic heterocycles. The van der Waals surface area contributed by atoms with Gasteiger partial charge in [0.2, 0.25) is 0 Å². The Balaban J connectivity index is 2.31. The van der Waals surface area contributed by atoms with E-state index in [1.165, 1.54) is 25.6 Å². The normalized spacial score (nSPS) is 11.5. The van der Waals surface area contributed by atoms with Crippen LogP contribution in [0.2, 0.25) is 5.02 Å². The van der Waals surface area contributed by atoms with E-state index in [-0.39, 0.29) is 15.5 Å². The van der Waals surface area contributed by atoms with Gasteiger partial charge in [0.05, 0.1) is 28.1 Å². The van der Waals surface area contributed by atoms with Crippen LogP contribution in [0.1, 0.15) is 10.4 Å². The van der Waals surface area contributed by atoms with E-state index in [1.807, 2.05) is 0 Å². The predicted molar refractivity (Wildman–Crippen MR) is 94.4 cm³/mol. The van der Waals surface area contributed by atoms with Crippen LogP contribution in [0.4, 0.5) is 0 Å². The molecule has 2 aromatic carbocycles. The first kappa shape index (κ1) is 17.3. The van der Waals surface area contributed by atoms with Gasteiger partial charge in [0.25, 0.3) is 0 Å². The summed E-state index contributed by atoms with van der Waals surface area (Å²) in [4.78, 5) is 20.4. The van der Waals surface area contributed by atoms with Gasteiger partial charge in [0, 0.05) is 23.4 Å². The topological polar surface area (TPSA) is 86.2 Å². The van der Waals surface area contributed by atoms with Crippen molar-refractivity contribution in [3.8, 4) is 11.1 Å². The van der Waals surface area contributed by atoms with Crippen LogP contribution in [0.25, 0.3) is 22.0 Å². The molecule has 0 aliphatic carbocycles. The quantitative estimate of drug-likeness (QED) is 0.653. The number of nitrogens with zero attached hydrogens (tertiary/aromatic N) is 2. The highest BCUT2D eigenvalue weighted by atomic mass is 35.5. The van der Waals surface area contributed by atoms with Gasteiger partial charge in [-0.1, -0.05) is 23.7 Å². The lowest BCUT2D eigenvalue weighted by molar-refractivity contribution is 0.0601. The molecule has 25 heavy (non-hydrogen) atoms. The summed E-state index contributed by atoms with van der Waals surface area (Å²) < 4.78 is 28.0. The van der Waals surface area contributed by atoms with Crippen LogP contribution >= 0.6 is 11.6 Å². The fraction of sp³-hybridized carbons (Fsp3) is 0.118. The number of hydrogen-bond acceptors (Lipinski definition) is 6. The third kappa shape index (κ3) is 3.20. The van der Waals surface area contributed by atoms with E-state index in [4.69, 9.17) is 16.3 Å². The van der Waals surface area contributed by atoms with Gasteiger partial charge in [0.15, 0.2) is 9.84 Å². The Morgan fingerprint density at radius 3 is 2.48 bits per heavy atom. The van der Waals surface area contributed by atoms with Crippen molar-refractivity contribution in [2.45, 2.75) is 4.90 Å². The fourth-order valence-corrected chi connectivity index (χ4v) is 3.46. The summed E-state index contributed by atoms with van der Waals surface area (Å²) in [7, 11) is -2.04. The first-order valence-corrected chi connectivity index (χ1v) is 9.41. The largest absolute Gasteiger partial charge is 0.465 e. The lowest BCUT2D eigenvalue weighted by Gasteiger charge is -2.12. The van der Waals surface area contributed by atoms with Crippen LogP contribution < -0.4 is 0 Å². The molecule has 0 saturated heterocycles. The van der Waals surface area contributed by atoms with E-state index in [2.05, 4.69) is 9.97 Å². The first-order chi connectivity index (χ1) is 11.8. The Kier molecular flexibility index (Phi) is 4.45. The highest BCUT2D eigenvalue weighted by Gasteiger charge is 2.20. The Morgan fingerprint density at radius 2 is 1.88 bits per heavy atom. The molecular formula is C17H13ClN2O4S. The number of methoxy groups -OCH3 is 1. The summed E-state index contributed by atoms with van der Waals surface area (Å²) >= 11 is 6.45. The summed E-state index contributed by atoms with van der Waals surface area (Å²) in [6, 6.07) is 7.79. The van der Waals surface area contributed by atoms with E-state index < -0.39 is 15.8 Å². The van der Waals surface area contributed by atoms with E-state index in [0.29, 0.717) is 22.0 Å². The van der Waals surface area contributed by atoms with Crippen molar-refractivity contribution in [1.82, 2.24) is 9.97 Å². The van der Waals surface area contributed by atoms with Crippen molar-refractivity contribution in [3.05, 3.63) is 53.4 Å². The van der Waals surface area contributed by atoms with E-state index in [9.17, 15) is 13.2 Å². The van der Waals surface area contributed by atoms with Crippen molar-refractivity contribution < 1.29 is 17.9 Å². The summed E-state index contributed by atoms with van der Waals surface area (Å²) in [5.41, 5.74) is 1.89. The van der Waals surface area contributed by atoms with Crippen molar-refractivity contribution in [2.24, 2.45) is 0 Å². The van der Waals surface area contributed by atoms with Gasteiger partial charge < -0.3 is 4.74 Å². The molecule has 1 heterocycles. The number of rotatable bonds is 3. The molecular weight excluding hydrogens is 364 g/mol. The average molecular weight is 377 g/mol.